The van der Waals surface area contributed by atoms with Crippen molar-refractivity contribution >= 4 is 46.6 Å². The summed E-state index contributed by atoms with van der Waals surface area (Å²) >= 11 is -0.0335. The van der Waals surface area contributed by atoms with E-state index < -0.39 is 0 Å². The van der Waals surface area contributed by atoms with Crippen LogP contribution in [0.2, 0.25) is 0 Å². The first-order chi connectivity index (χ1) is 17.5. The van der Waals surface area contributed by atoms with Crippen molar-refractivity contribution in [2.75, 3.05) is 27.8 Å². The number of fused-ring (bicyclic) bond motifs is 2. The third-order valence-electron chi connectivity index (χ3n) is 6.45. The Labute approximate surface area is 215 Å². The number of hydrogen-bond acceptors (Lipinski definition) is 4. The fourth-order valence-electron chi connectivity index (χ4n) is 4.52. The Hall–Kier alpha value is -3.74. The Morgan fingerprint density at radius 2 is 1.75 bits per heavy atom. The first kappa shape index (κ1) is 24.0. The fourth-order valence-corrected chi connectivity index (χ4v) is 6.59. The molecule has 1 aromatic heterocycles. The zero-order valence-electron chi connectivity index (χ0n) is 20.4. The van der Waals surface area contributed by atoms with Crippen molar-refractivity contribution in [3.63, 3.8) is 0 Å². The van der Waals surface area contributed by atoms with Crippen LogP contribution in [0.15, 0.2) is 60.8 Å². The van der Waals surface area contributed by atoms with E-state index in [0.717, 1.165) is 31.8 Å². The second kappa shape index (κ2) is 10.1. The summed E-state index contributed by atoms with van der Waals surface area (Å²) < 4.78 is 13.1. The van der Waals surface area contributed by atoms with Crippen molar-refractivity contribution in [3.8, 4) is 11.5 Å². The summed E-state index contributed by atoms with van der Waals surface area (Å²) in [4.78, 5) is 30.7. The molecule has 7 nitrogen and oxygen atoms in total. The number of carbonyl (C=O) groups is 2. The van der Waals surface area contributed by atoms with E-state index in [1.165, 1.54) is 5.56 Å². The van der Waals surface area contributed by atoms with Gasteiger partial charge in [0.05, 0.1) is 0 Å². The van der Waals surface area contributed by atoms with Gasteiger partial charge < -0.3 is 0 Å². The number of hydrogen-bond donors (Lipinski definition) is 2. The number of rotatable bonds is 6. The van der Waals surface area contributed by atoms with E-state index in [0.29, 0.717) is 35.7 Å². The standard InChI is InChI=1S/C28H27N3O4Se/c1-29-27(32)18-7-8-23-22(12-18)26(15-30-23)36-21-6-4-5-19(11-21)28(33)31-10-9-17-13-24(34-2)25(35-3)14-20(17)16-31/h4-8,11-15,30H,9-10,16H2,1-3H3,(H,29,32). The summed E-state index contributed by atoms with van der Waals surface area (Å²) in [7, 11) is 4.89. The molecule has 0 saturated heterocycles. The molecule has 0 aliphatic carbocycles. The van der Waals surface area contributed by atoms with Crippen LogP contribution in [0.25, 0.3) is 10.9 Å². The molecule has 4 aromatic rings. The van der Waals surface area contributed by atoms with Crippen LogP contribution >= 0.6 is 0 Å². The van der Waals surface area contributed by atoms with E-state index in [1.54, 1.807) is 21.3 Å². The fraction of sp³-hybridized carbons (Fsp3) is 0.214. The Morgan fingerprint density at radius 3 is 2.50 bits per heavy atom. The van der Waals surface area contributed by atoms with Gasteiger partial charge in [-0.15, -0.1) is 0 Å². The number of carbonyl (C=O) groups excluding carboxylic acids is 2. The Morgan fingerprint density at radius 1 is 0.972 bits per heavy atom. The van der Waals surface area contributed by atoms with E-state index in [4.69, 9.17) is 9.47 Å². The number of H-pyrrole nitrogens is 1. The molecule has 2 heterocycles. The Bertz CT molecular complexity index is 1460. The summed E-state index contributed by atoms with van der Waals surface area (Å²) in [5, 5.41) is 3.71. The van der Waals surface area contributed by atoms with E-state index in [-0.39, 0.29) is 26.8 Å². The summed E-state index contributed by atoms with van der Waals surface area (Å²) in [6.07, 6.45) is 2.77. The van der Waals surface area contributed by atoms with Crippen molar-refractivity contribution in [1.29, 1.82) is 0 Å². The summed E-state index contributed by atoms with van der Waals surface area (Å²) in [6.45, 7) is 1.19. The van der Waals surface area contributed by atoms with Gasteiger partial charge >= 0.3 is 216 Å². The van der Waals surface area contributed by atoms with Gasteiger partial charge in [-0.3, -0.25) is 0 Å². The van der Waals surface area contributed by atoms with Crippen LogP contribution in [0, 0.1) is 0 Å². The van der Waals surface area contributed by atoms with Gasteiger partial charge in [0.15, 0.2) is 0 Å². The monoisotopic (exact) mass is 549 g/mol. The first-order valence-corrected chi connectivity index (χ1v) is 13.4. The first-order valence-electron chi connectivity index (χ1n) is 11.6. The molecule has 0 radical (unpaired) electrons. The van der Waals surface area contributed by atoms with Crippen LogP contribution in [0.5, 0.6) is 11.5 Å². The zero-order valence-corrected chi connectivity index (χ0v) is 22.1. The van der Waals surface area contributed by atoms with Gasteiger partial charge in [-0.05, 0) is 0 Å². The number of ether oxygens (including phenoxy) is 2. The number of nitrogens with one attached hydrogen (secondary N) is 2. The minimum atomic E-state index is -0.108. The SMILES string of the molecule is CNC(=O)c1ccc2[nH]cc([Se]c3cccc(C(=O)N4CCc5cc(OC)c(OC)cc5C4)c3)c2c1. The zero-order chi connectivity index (χ0) is 25.2. The van der Waals surface area contributed by atoms with Crippen LogP contribution in [-0.2, 0) is 13.0 Å². The van der Waals surface area contributed by atoms with Crippen LogP contribution in [0.4, 0.5) is 0 Å². The second-order valence-electron chi connectivity index (χ2n) is 8.57. The molecular weight excluding hydrogens is 521 g/mol. The average molecular weight is 549 g/mol. The molecule has 0 saturated carbocycles. The number of aromatic amines is 1. The molecular formula is C28H27N3O4Se. The summed E-state index contributed by atoms with van der Waals surface area (Å²) in [6, 6.07) is 17.5. The summed E-state index contributed by atoms with van der Waals surface area (Å²) in [5.74, 6) is 1.30. The van der Waals surface area contributed by atoms with Crippen molar-refractivity contribution in [2.24, 2.45) is 0 Å². The molecule has 8 heteroatoms. The van der Waals surface area contributed by atoms with Crippen LogP contribution < -0.4 is 23.7 Å². The van der Waals surface area contributed by atoms with Crippen molar-refractivity contribution in [3.05, 3.63) is 83.0 Å². The van der Waals surface area contributed by atoms with Crippen molar-refractivity contribution in [1.82, 2.24) is 15.2 Å². The molecule has 0 unspecified atom stereocenters. The molecule has 5 rings (SSSR count). The van der Waals surface area contributed by atoms with E-state index >= 15 is 0 Å². The molecule has 0 fully saturated rings. The maximum absolute atomic E-state index is 13.4. The molecule has 2 N–H and O–H groups in total. The maximum atomic E-state index is 13.4. The van der Waals surface area contributed by atoms with Crippen LogP contribution in [0.1, 0.15) is 31.8 Å². The predicted molar refractivity (Wildman–Crippen MR) is 141 cm³/mol. The number of amides is 2. The van der Waals surface area contributed by atoms with Gasteiger partial charge in [0.25, 0.3) is 0 Å². The molecule has 184 valence electrons. The van der Waals surface area contributed by atoms with E-state index in [9.17, 15) is 9.59 Å². The molecule has 0 spiro atoms. The van der Waals surface area contributed by atoms with Gasteiger partial charge in [-0.25, -0.2) is 0 Å². The second-order valence-corrected chi connectivity index (χ2v) is 10.9. The number of methoxy groups -OCH3 is 2. The van der Waals surface area contributed by atoms with E-state index in [2.05, 4.69) is 16.4 Å². The summed E-state index contributed by atoms with van der Waals surface area (Å²) in [5.41, 5.74) is 4.57. The molecule has 1 aliphatic heterocycles. The molecule has 36 heavy (non-hydrogen) atoms. The minimum absolute atomic E-state index is 0.0221. The van der Waals surface area contributed by atoms with E-state index in [1.807, 2.05) is 59.6 Å². The quantitative estimate of drug-likeness (QED) is 0.363. The van der Waals surface area contributed by atoms with Crippen LogP contribution in [-0.4, -0.2) is 64.5 Å². The molecule has 0 atom stereocenters. The average Bonchev–Trinajstić information content (AvgIpc) is 3.32. The third-order valence-corrected chi connectivity index (χ3v) is 8.64. The molecule has 2 amide bonds. The molecule has 1 aliphatic rings. The van der Waals surface area contributed by atoms with Gasteiger partial charge in [0, 0.05) is 0 Å². The van der Waals surface area contributed by atoms with Gasteiger partial charge in [0.2, 0.25) is 0 Å². The molecule has 0 bridgehead atoms. The molecule has 3 aromatic carbocycles. The van der Waals surface area contributed by atoms with Crippen molar-refractivity contribution < 1.29 is 19.1 Å². The topological polar surface area (TPSA) is 83.7 Å². The predicted octanol–water partition coefficient (Wildman–Crippen LogP) is 2.40. The third kappa shape index (κ3) is 4.57. The number of aromatic nitrogens is 1. The number of benzene rings is 3. The number of nitrogens with zero attached hydrogens (tertiary/aromatic N) is 1. The Balaban J connectivity index is 1.36. The Kier molecular flexibility index (Phi) is 6.72. The van der Waals surface area contributed by atoms with Gasteiger partial charge in [-0.2, -0.15) is 0 Å². The van der Waals surface area contributed by atoms with Gasteiger partial charge in [-0.1, -0.05) is 0 Å². The normalized spacial score (nSPS) is 12.8. The van der Waals surface area contributed by atoms with Crippen LogP contribution in [0.3, 0.4) is 0 Å². The van der Waals surface area contributed by atoms with Crippen molar-refractivity contribution in [2.45, 2.75) is 13.0 Å². The van der Waals surface area contributed by atoms with Gasteiger partial charge in [0.1, 0.15) is 0 Å².